The van der Waals surface area contributed by atoms with Crippen molar-refractivity contribution in [2.75, 3.05) is 0 Å². The Kier molecular flexibility index (Phi) is 2.72. The molecule has 0 amide bonds. The number of H-pyrrole nitrogens is 1. The van der Waals surface area contributed by atoms with Gasteiger partial charge >= 0.3 is 0 Å². The molecule has 1 aromatic carbocycles. The van der Waals surface area contributed by atoms with E-state index >= 15 is 0 Å². The van der Waals surface area contributed by atoms with Crippen LogP contribution in [0.15, 0.2) is 64.1 Å². The van der Waals surface area contributed by atoms with Gasteiger partial charge in [-0.3, -0.25) is 9.89 Å². The lowest BCUT2D eigenvalue weighted by atomic mass is 10.2. The molecule has 4 aromatic rings. The number of aromatic amines is 1. The van der Waals surface area contributed by atoms with Gasteiger partial charge in [0.05, 0.1) is 16.8 Å². The molecule has 0 saturated heterocycles. The molecule has 0 aliphatic rings. The van der Waals surface area contributed by atoms with E-state index in [0.29, 0.717) is 11.0 Å². The highest BCUT2D eigenvalue weighted by molar-refractivity contribution is 7.08. The number of fused-ring (bicyclic) bond motifs is 1. The Morgan fingerprint density at radius 2 is 1.90 bits per heavy atom. The molecule has 3 heterocycles. The third kappa shape index (κ3) is 1.98. The second kappa shape index (κ2) is 4.71. The largest absolute Gasteiger partial charge is 0.280 e. The van der Waals surface area contributed by atoms with E-state index in [2.05, 4.69) is 10.1 Å². The highest BCUT2D eigenvalue weighted by Gasteiger charge is 2.10. The van der Waals surface area contributed by atoms with E-state index in [0.717, 1.165) is 16.9 Å². The highest BCUT2D eigenvalue weighted by atomic mass is 32.1. The van der Waals surface area contributed by atoms with Crippen molar-refractivity contribution in [1.82, 2.24) is 14.8 Å². The molecule has 0 fully saturated rings. The predicted octanol–water partition coefficient (Wildman–Crippen LogP) is 3.44. The lowest BCUT2D eigenvalue weighted by Crippen LogP contribution is -2.13. The fourth-order valence-corrected chi connectivity index (χ4v) is 2.97. The van der Waals surface area contributed by atoms with Crippen LogP contribution in [0.3, 0.4) is 0 Å². The minimum absolute atomic E-state index is 0.0828. The van der Waals surface area contributed by atoms with Crippen molar-refractivity contribution in [2.45, 2.75) is 0 Å². The third-order valence-corrected chi connectivity index (χ3v) is 4.06. The number of hydrogen-bond acceptors (Lipinski definition) is 3. The van der Waals surface area contributed by atoms with E-state index in [9.17, 15) is 4.79 Å². The molecule has 3 aromatic heterocycles. The second-order valence-electron chi connectivity index (χ2n) is 4.69. The number of rotatable bonds is 2. The summed E-state index contributed by atoms with van der Waals surface area (Å²) in [4.78, 5) is 17.0. The second-order valence-corrected chi connectivity index (χ2v) is 5.47. The summed E-state index contributed by atoms with van der Waals surface area (Å²) in [6.45, 7) is 0. The van der Waals surface area contributed by atoms with Crippen molar-refractivity contribution in [3.05, 3.63) is 69.6 Å². The Hall–Kier alpha value is -2.66. The number of benzene rings is 1. The fourth-order valence-electron chi connectivity index (χ4n) is 2.32. The van der Waals surface area contributed by atoms with Crippen LogP contribution in [-0.2, 0) is 0 Å². The van der Waals surface area contributed by atoms with E-state index in [1.54, 1.807) is 11.3 Å². The summed E-state index contributed by atoms with van der Waals surface area (Å²) in [6, 6.07) is 15.2. The number of hydrogen-bond donors (Lipinski definition) is 1. The fraction of sp³-hybridized carbons (Fsp3) is 0. The molecule has 0 saturated carbocycles. The molecule has 4 nitrogen and oxygen atoms in total. The normalized spacial score (nSPS) is 11.0. The van der Waals surface area contributed by atoms with Crippen molar-refractivity contribution >= 4 is 22.4 Å². The zero-order valence-electron chi connectivity index (χ0n) is 11.0. The number of thiophene rings is 1. The van der Waals surface area contributed by atoms with Gasteiger partial charge in [0.15, 0.2) is 5.65 Å². The van der Waals surface area contributed by atoms with Gasteiger partial charge in [-0.1, -0.05) is 18.2 Å². The Balaban J connectivity index is 1.93. The number of pyridine rings is 1. The number of nitrogens with zero attached hydrogens (tertiary/aromatic N) is 2. The van der Waals surface area contributed by atoms with Crippen molar-refractivity contribution < 1.29 is 0 Å². The molecule has 21 heavy (non-hydrogen) atoms. The molecule has 4 rings (SSSR count). The smallest absolute Gasteiger partial charge is 0.274 e. The first-order chi connectivity index (χ1) is 10.3. The topological polar surface area (TPSA) is 50.7 Å². The maximum atomic E-state index is 12.4. The predicted molar refractivity (Wildman–Crippen MR) is 85.0 cm³/mol. The van der Waals surface area contributed by atoms with Crippen LogP contribution in [0, 0.1) is 0 Å². The zero-order chi connectivity index (χ0) is 14.2. The first-order valence-electron chi connectivity index (χ1n) is 6.53. The standard InChI is InChI=1S/C16H11N3OS/c20-16-13-6-7-14(11-8-9-21-10-11)17-15(13)18-19(16)12-4-2-1-3-5-12/h1-10H,(H,17,18). The highest BCUT2D eigenvalue weighted by Crippen LogP contribution is 2.21. The van der Waals surface area contributed by atoms with Gasteiger partial charge in [-0.2, -0.15) is 11.3 Å². The minimum Gasteiger partial charge on any atom is -0.274 e. The van der Waals surface area contributed by atoms with Gasteiger partial charge in [0.25, 0.3) is 5.56 Å². The van der Waals surface area contributed by atoms with Crippen molar-refractivity contribution in [3.63, 3.8) is 0 Å². The molecule has 0 aliphatic heterocycles. The molecule has 0 aliphatic carbocycles. The van der Waals surface area contributed by atoms with Crippen LogP contribution in [0.1, 0.15) is 0 Å². The molecule has 102 valence electrons. The number of para-hydroxylation sites is 1. The van der Waals surface area contributed by atoms with E-state index in [-0.39, 0.29) is 5.56 Å². The molecular formula is C16H11N3OS. The molecule has 0 spiro atoms. The van der Waals surface area contributed by atoms with E-state index in [1.807, 2.05) is 59.3 Å². The molecule has 0 bridgehead atoms. The first-order valence-corrected chi connectivity index (χ1v) is 7.47. The number of aromatic nitrogens is 3. The average molecular weight is 293 g/mol. The lowest BCUT2D eigenvalue weighted by molar-refractivity contribution is 0.859. The Labute approximate surface area is 124 Å². The van der Waals surface area contributed by atoms with E-state index < -0.39 is 0 Å². The summed E-state index contributed by atoms with van der Waals surface area (Å²) in [7, 11) is 0. The van der Waals surface area contributed by atoms with Gasteiger partial charge in [0.1, 0.15) is 0 Å². The van der Waals surface area contributed by atoms with Crippen LogP contribution >= 0.6 is 11.3 Å². The average Bonchev–Trinajstić information content (AvgIpc) is 3.16. The SMILES string of the molecule is O=c1c2ccc(-c3ccsc3)nc2[nH]n1-c1ccccc1. The van der Waals surface area contributed by atoms with Crippen LogP contribution < -0.4 is 5.56 Å². The summed E-state index contributed by atoms with van der Waals surface area (Å²) >= 11 is 1.63. The lowest BCUT2D eigenvalue weighted by Gasteiger charge is -1.99. The Morgan fingerprint density at radius 3 is 2.67 bits per heavy atom. The summed E-state index contributed by atoms with van der Waals surface area (Å²) in [5.74, 6) is 0. The van der Waals surface area contributed by atoms with E-state index in [4.69, 9.17) is 0 Å². The summed E-state index contributed by atoms with van der Waals surface area (Å²) in [5.41, 5.74) is 3.26. The minimum atomic E-state index is -0.0828. The molecule has 5 heteroatoms. The van der Waals surface area contributed by atoms with Crippen LogP contribution in [0.5, 0.6) is 0 Å². The summed E-state index contributed by atoms with van der Waals surface area (Å²) in [6.07, 6.45) is 0. The van der Waals surface area contributed by atoms with Crippen molar-refractivity contribution in [1.29, 1.82) is 0 Å². The summed E-state index contributed by atoms with van der Waals surface area (Å²) < 4.78 is 1.52. The summed E-state index contributed by atoms with van der Waals surface area (Å²) in [5, 5.41) is 7.73. The third-order valence-electron chi connectivity index (χ3n) is 3.38. The molecule has 0 unspecified atom stereocenters. The van der Waals surface area contributed by atoms with Gasteiger partial charge in [-0.15, -0.1) is 0 Å². The van der Waals surface area contributed by atoms with Gasteiger partial charge < -0.3 is 0 Å². The first kappa shape index (κ1) is 12.1. The van der Waals surface area contributed by atoms with Crippen LogP contribution in [0.25, 0.3) is 28.0 Å². The van der Waals surface area contributed by atoms with E-state index in [1.165, 1.54) is 4.68 Å². The zero-order valence-corrected chi connectivity index (χ0v) is 11.8. The maximum Gasteiger partial charge on any atom is 0.280 e. The number of nitrogens with one attached hydrogen (secondary N) is 1. The monoisotopic (exact) mass is 293 g/mol. The molecular weight excluding hydrogens is 282 g/mol. The van der Waals surface area contributed by atoms with Crippen molar-refractivity contribution in [3.8, 4) is 16.9 Å². The van der Waals surface area contributed by atoms with Gasteiger partial charge in [-0.05, 0) is 35.7 Å². The van der Waals surface area contributed by atoms with Gasteiger partial charge in [-0.25, -0.2) is 9.67 Å². The Morgan fingerprint density at radius 1 is 1.05 bits per heavy atom. The van der Waals surface area contributed by atoms with Crippen molar-refractivity contribution in [2.24, 2.45) is 0 Å². The maximum absolute atomic E-state index is 12.4. The van der Waals surface area contributed by atoms with Gasteiger partial charge in [0, 0.05) is 10.9 Å². The van der Waals surface area contributed by atoms with Gasteiger partial charge in [0.2, 0.25) is 0 Å². The van der Waals surface area contributed by atoms with Crippen LogP contribution in [0.2, 0.25) is 0 Å². The van der Waals surface area contributed by atoms with Crippen LogP contribution in [0.4, 0.5) is 0 Å². The quantitative estimate of drug-likeness (QED) is 0.615. The molecule has 0 atom stereocenters. The van der Waals surface area contributed by atoms with Crippen LogP contribution in [-0.4, -0.2) is 14.8 Å². The molecule has 1 N–H and O–H groups in total. The Bertz CT molecular complexity index is 952. The molecule has 0 radical (unpaired) electrons.